The van der Waals surface area contributed by atoms with Crippen molar-refractivity contribution in [3.05, 3.63) is 40.2 Å². The number of piperidine rings is 1. The number of amides is 1. The van der Waals surface area contributed by atoms with Crippen molar-refractivity contribution >= 4 is 17.2 Å². The van der Waals surface area contributed by atoms with Crippen LogP contribution < -0.4 is 0 Å². The van der Waals surface area contributed by atoms with Gasteiger partial charge in [0.2, 0.25) is 5.91 Å². The Morgan fingerprint density at radius 3 is 2.92 bits per heavy atom. The highest BCUT2D eigenvalue weighted by Gasteiger charge is 2.40. The van der Waals surface area contributed by atoms with Crippen LogP contribution in [0, 0.1) is 5.92 Å². The van der Waals surface area contributed by atoms with Crippen LogP contribution in [0.5, 0.6) is 0 Å². The number of carbonyl (C=O) groups is 1. The number of thiazole rings is 1. The van der Waals surface area contributed by atoms with Gasteiger partial charge in [-0.1, -0.05) is 6.92 Å². The first-order chi connectivity index (χ1) is 12.2. The molecule has 3 aliphatic rings. The van der Waals surface area contributed by atoms with Crippen LogP contribution in [0.1, 0.15) is 43.4 Å². The zero-order valence-corrected chi connectivity index (χ0v) is 15.5. The van der Waals surface area contributed by atoms with E-state index in [0.29, 0.717) is 12.5 Å². The summed E-state index contributed by atoms with van der Waals surface area (Å²) in [6.45, 7) is 5.38. The summed E-state index contributed by atoms with van der Waals surface area (Å²) in [5.74, 6) is 2.50. The third-order valence-electron chi connectivity index (χ3n) is 5.28. The summed E-state index contributed by atoms with van der Waals surface area (Å²) >= 11 is 1.59. The van der Waals surface area contributed by atoms with Crippen LogP contribution in [-0.2, 0) is 24.3 Å². The van der Waals surface area contributed by atoms with Crippen molar-refractivity contribution in [1.82, 2.24) is 14.8 Å². The Balaban J connectivity index is 1.45. The molecule has 6 heteroatoms. The molecule has 5 heterocycles. The zero-order valence-electron chi connectivity index (χ0n) is 14.7. The number of hydrogen-bond donors (Lipinski definition) is 0. The smallest absolute Gasteiger partial charge is 0.227 e. The lowest BCUT2D eigenvalue weighted by Crippen LogP contribution is -2.47. The molecule has 3 fully saturated rings. The van der Waals surface area contributed by atoms with Crippen LogP contribution in [-0.4, -0.2) is 39.8 Å². The van der Waals surface area contributed by atoms with Crippen LogP contribution in [0.3, 0.4) is 0 Å². The largest absolute Gasteiger partial charge is 0.465 e. The highest BCUT2D eigenvalue weighted by molar-refractivity contribution is 7.07. The summed E-state index contributed by atoms with van der Waals surface area (Å²) in [5, 5.41) is 2.04. The maximum absolute atomic E-state index is 12.9. The van der Waals surface area contributed by atoms with Crippen molar-refractivity contribution in [3.8, 4) is 0 Å². The third-order valence-corrected chi connectivity index (χ3v) is 5.91. The van der Waals surface area contributed by atoms with Crippen LogP contribution in [0.25, 0.3) is 0 Å². The molecule has 25 heavy (non-hydrogen) atoms. The van der Waals surface area contributed by atoms with Crippen molar-refractivity contribution in [1.29, 1.82) is 0 Å². The fourth-order valence-corrected chi connectivity index (χ4v) is 4.62. The maximum Gasteiger partial charge on any atom is 0.227 e. The van der Waals surface area contributed by atoms with Gasteiger partial charge in [-0.05, 0) is 31.4 Å². The molecule has 134 valence electrons. The molecule has 3 saturated heterocycles. The minimum absolute atomic E-state index is 0.113. The van der Waals surface area contributed by atoms with E-state index in [-0.39, 0.29) is 12.0 Å². The standard InChI is InChI=1S/C19H25N3O2S/c1-2-3-17-6-7-18(24-17)11-21-8-14-4-5-16(10-21)22(19(14)23)9-15-12-25-13-20-15/h6-7,12-14,16H,2-5,8-11H2,1H3/t14-,16+/m0/s1. The van der Waals surface area contributed by atoms with Gasteiger partial charge >= 0.3 is 0 Å². The van der Waals surface area contributed by atoms with E-state index in [1.807, 2.05) is 10.9 Å². The first kappa shape index (κ1) is 16.8. The van der Waals surface area contributed by atoms with Crippen LogP contribution >= 0.6 is 11.3 Å². The predicted octanol–water partition coefficient (Wildman–Crippen LogP) is 3.31. The Labute approximate surface area is 152 Å². The number of nitrogens with zero attached hydrogens (tertiary/aromatic N) is 3. The number of aryl methyl sites for hydroxylation is 1. The normalized spacial score (nSPS) is 24.0. The molecule has 0 aliphatic carbocycles. The first-order valence-electron chi connectivity index (χ1n) is 9.20. The molecule has 2 atom stereocenters. The molecular formula is C19H25N3O2S. The highest BCUT2D eigenvalue weighted by Crippen LogP contribution is 2.31. The molecule has 0 unspecified atom stereocenters. The van der Waals surface area contributed by atoms with E-state index in [1.54, 1.807) is 11.3 Å². The number of rotatable bonds is 6. The maximum atomic E-state index is 12.9. The fourth-order valence-electron chi connectivity index (χ4n) is 4.07. The Morgan fingerprint density at radius 2 is 2.12 bits per heavy atom. The minimum Gasteiger partial charge on any atom is -0.465 e. The number of carbonyl (C=O) groups excluding carboxylic acids is 1. The van der Waals surface area contributed by atoms with Gasteiger partial charge in [0.1, 0.15) is 11.5 Å². The molecule has 3 aliphatic heterocycles. The summed E-state index contributed by atoms with van der Waals surface area (Å²) in [4.78, 5) is 21.7. The Kier molecular flexibility index (Phi) is 4.90. The van der Waals surface area contributed by atoms with Crippen LogP contribution in [0.4, 0.5) is 0 Å². The predicted molar refractivity (Wildman–Crippen MR) is 97.2 cm³/mol. The molecule has 5 rings (SSSR count). The molecule has 2 bridgehead atoms. The van der Waals surface area contributed by atoms with E-state index in [0.717, 1.165) is 62.5 Å². The number of fused-ring (bicyclic) bond motifs is 4. The van der Waals surface area contributed by atoms with Crippen molar-refractivity contribution in [2.24, 2.45) is 5.92 Å². The third kappa shape index (κ3) is 3.65. The average Bonchev–Trinajstić information content (AvgIpc) is 3.19. The van der Waals surface area contributed by atoms with Crippen molar-refractivity contribution in [2.75, 3.05) is 13.1 Å². The van der Waals surface area contributed by atoms with Crippen molar-refractivity contribution in [2.45, 2.75) is 51.7 Å². The number of furan rings is 1. The molecule has 5 nitrogen and oxygen atoms in total. The number of aromatic nitrogens is 1. The molecule has 1 amide bonds. The molecule has 0 saturated carbocycles. The topological polar surface area (TPSA) is 49.6 Å². The summed E-state index contributed by atoms with van der Waals surface area (Å²) in [5.41, 5.74) is 2.85. The lowest BCUT2D eigenvalue weighted by atomic mass is 9.94. The van der Waals surface area contributed by atoms with E-state index in [9.17, 15) is 4.79 Å². The second-order valence-electron chi connectivity index (χ2n) is 7.19. The van der Waals surface area contributed by atoms with E-state index >= 15 is 0 Å². The van der Waals surface area contributed by atoms with E-state index < -0.39 is 0 Å². The van der Waals surface area contributed by atoms with Gasteiger partial charge in [-0.2, -0.15) is 0 Å². The van der Waals surface area contributed by atoms with Crippen molar-refractivity contribution < 1.29 is 9.21 Å². The Bertz CT molecular complexity index is 712. The van der Waals surface area contributed by atoms with Gasteiger partial charge in [-0.3, -0.25) is 9.69 Å². The van der Waals surface area contributed by atoms with Gasteiger partial charge in [0.05, 0.1) is 30.2 Å². The number of hydrogen-bond acceptors (Lipinski definition) is 5. The van der Waals surface area contributed by atoms with E-state index in [2.05, 4.69) is 33.8 Å². The Hall–Kier alpha value is -1.66. The van der Waals surface area contributed by atoms with Gasteiger partial charge in [0, 0.05) is 30.9 Å². The summed E-state index contributed by atoms with van der Waals surface area (Å²) < 4.78 is 5.95. The lowest BCUT2D eigenvalue weighted by molar-refractivity contribution is -0.140. The first-order valence-corrected chi connectivity index (χ1v) is 10.1. The molecule has 2 aromatic heterocycles. The van der Waals surface area contributed by atoms with Gasteiger partial charge in [0.15, 0.2) is 0 Å². The fraction of sp³-hybridized carbons (Fsp3) is 0.579. The van der Waals surface area contributed by atoms with Crippen molar-refractivity contribution in [3.63, 3.8) is 0 Å². The molecule has 2 aromatic rings. The van der Waals surface area contributed by atoms with Crippen LogP contribution in [0.15, 0.2) is 27.4 Å². The minimum atomic E-state index is 0.113. The van der Waals surface area contributed by atoms with Gasteiger partial charge in [-0.25, -0.2) is 4.98 Å². The van der Waals surface area contributed by atoms with E-state index in [4.69, 9.17) is 4.42 Å². The Morgan fingerprint density at radius 1 is 1.24 bits per heavy atom. The van der Waals surface area contributed by atoms with Crippen LogP contribution in [0.2, 0.25) is 0 Å². The molecule has 0 radical (unpaired) electrons. The molecule has 0 N–H and O–H groups in total. The van der Waals surface area contributed by atoms with E-state index in [1.165, 1.54) is 0 Å². The average molecular weight is 359 g/mol. The second kappa shape index (κ2) is 7.30. The SMILES string of the molecule is CCCc1ccc(CN2C[C@@H]3CC[C@H](C2)N(Cc2cscn2)C3=O)o1. The highest BCUT2D eigenvalue weighted by atomic mass is 32.1. The second-order valence-corrected chi connectivity index (χ2v) is 7.90. The summed E-state index contributed by atoms with van der Waals surface area (Å²) in [6, 6.07) is 4.47. The van der Waals surface area contributed by atoms with Gasteiger partial charge < -0.3 is 9.32 Å². The van der Waals surface area contributed by atoms with Gasteiger partial charge in [0.25, 0.3) is 0 Å². The lowest BCUT2D eigenvalue weighted by Gasteiger charge is -2.35. The monoisotopic (exact) mass is 359 g/mol. The molecular weight excluding hydrogens is 334 g/mol. The summed E-state index contributed by atoms with van der Waals surface area (Å²) in [6.07, 6.45) is 4.19. The zero-order chi connectivity index (χ0) is 17.2. The summed E-state index contributed by atoms with van der Waals surface area (Å²) in [7, 11) is 0. The van der Waals surface area contributed by atoms with Gasteiger partial charge in [-0.15, -0.1) is 11.3 Å². The molecule has 0 aromatic carbocycles. The molecule has 0 spiro atoms. The quantitative estimate of drug-likeness (QED) is 0.794.